The van der Waals surface area contributed by atoms with Gasteiger partial charge < -0.3 is 15.5 Å². The minimum Gasteiger partial charge on any atom is -0.393 e. The van der Waals surface area contributed by atoms with E-state index in [4.69, 9.17) is 5.11 Å². The number of alkyl halides is 3. The first-order valence-corrected chi connectivity index (χ1v) is 5.75. The van der Waals surface area contributed by atoms with Gasteiger partial charge in [-0.15, -0.1) is 0 Å². The number of rotatable bonds is 4. The van der Waals surface area contributed by atoms with Gasteiger partial charge in [-0.05, 0) is 28.9 Å². The Bertz CT molecular complexity index is 424. The Balaban J connectivity index is 2.96. The van der Waals surface area contributed by atoms with Crippen molar-refractivity contribution in [3.05, 3.63) is 22.3 Å². The van der Waals surface area contributed by atoms with Crippen LogP contribution in [0.1, 0.15) is 12.5 Å². The van der Waals surface area contributed by atoms with E-state index in [1.54, 1.807) is 0 Å². The summed E-state index contributed by atoms with van der Waals surface area (Å²) in [5, 5.41) is 20.7. The molecule has 18 heavy (non-hydrogen) atoms. The molecular weight excluding hydrogens is 317 g/mol. The zero-order valence-electron chi connectivity index (χ0n) is 9.42. The van der Waals surface area contributed by atoms with Crippen molar-refractivity contribution < 1.29 is 23.4 Å². The maximum Gasteiger partial charge on any atom is 0.419 e. The van der Waals surface area contributed by atoms with Crippen molar-refractivity contribution in [2.45, 2.75) is 18.7 Å². The fraction of sp³-hybridized carbons (Fsp3) is 0.500. The lowest BCUT2D eigenvalue weighted by Crippen LogP contribution is -2.37. The summed E-state index contributed by atoms with van der Waals surface area (Å²) < 4.78 is 38.4. The number of aromatic nitrogens is 1. The topological polar surface area (TPSA) is 65.4 Å². The average molecular weight is 329 g/mol. The molecule has 1 heterocycles. The monoisotopic (exact) mass is 328 g/mol. The fourth-order valence-corrected chi connectivity index (χ4v) is 1.46. The minimum absolute atomic E-state index is 0.203. The summed E-state index contributed by atoms with van der Waals surface area (Å²) in [6, 6.07) is 0.892. The Morgan fingerprint density at radius 3 is 2.56 bits per heavy atom. The van der Waals surface area contributed by atoms with E-state index in [2.05, 4.69) is 26.2 Å². The molecule has 0 aliphatic carbocycles. The zero-order valence-corrected chi connectivity index (χ0v) is 11.0. The molecule has 0 saturated heterocycles. The van der Waals surface area contributed by atoms with Crippen molar-refractivity contribution in [1.82, 2.24) is 4.98 Å². The van der Waals surface area contributed by atoms with Crippen LogP contribution in [0.3, 0.4) is 0 Å². The highest BCUT2D eigenvalue weighted by Gasteiger charge is 2.35. The number of hydrogen-bond donors (Lipinski definition) is 3. The molecule has 0 amide bonds. The van der Waals surface area contributed by atoms with Crippen molar-refractivity contribution in [2.24, 2.45) is 0 Å². The maximum absolute atomic E-state index is 12.7. The molecule has 1 unspecified atom stereocenters. The molecule has 0 fully saturated rings. The summed E-state index contributed by atoms with van der Waals surface area (Å²) >= 11 is 2.91. The number of aliphatic hydroxyl groups is 2. The Morgan fingerprint density at radius 2 is 2.06 bits per heavy atom. The van der Waals surface area contributed by atoms with Crippen molar-refractivity contribution >= 4 is 21.7 Å². The normalized spacial score (nSPS) is 15.3. The summed E-state index contributed by atoms with van der Waals surface area (Å²) in [7, 11) is 0. The van der Waals surface area contributed by atoms with Crippen LogP contribution in [0.4, 0.5) is 19.0 Å². The number of anilines is 1. The van der Waals surface area contributed by atoms with Gasteiger partial charge in [0.2, 0.25) is 0 Å². The van der Waals surface area contributed by atoms with E-state index in [9.17, 15) is 18.3 Å². The van der Waals surface area contributed by atoms with Gasteiger partial charge in [0.15, 0.2) is 0 Å². The maximum atomic E-state index is 12.7. The third-order valence-electron chi connectivity index (χ3n) is 2.14. The van der Waals surface area contributed by atoms with Crippen molar-refractivity contribution in [2.75, 3.05) is 18.5 Å². The third kappa shape index (κ3) is 4.11. The Hall–Kier alpha value is -0.860. The third-order valence-corrected chi connectivity index (χ3v) is 2.57. The molecule has 8 heteroatoms. The first-order chi connectivity index (χ1) is 8.15. The number of nitrogens with one attached hydrogen (secondary N) is 1. The quantitative estimate of drug-likeness (QED) is 0.791. The predicted octanol–water partition coefficient (Wildman–Crippen LogP) is 2.02. The number of hydrogen-bond acceptors (Lipinski definition) is 4. The lowest BCUT2D eigenvalue weighted by atomic mass is 10.1. The fourth-order valence-electron chi connectivity index (χ4n) is 1.13. The molecule has 1 rings (SSSR count). The van der Waals surface area contributed by atoms with Crippen LogP contribution in [0.2, 0.25) is 0 Å². The molecule has 102 valence electrons. The van der Waals surface area contributed by atoms with E-state index in [-0.39, 0.29) is 16.8 Å². The highest BCUT2D eigenvalue weighted by molar-refractivity contribution is 9.10. The molecule has 1 atom stereocenters. The molecule has 0 spiro atoms. The second-order valence-corrected chi connectivity index (χ2v) is 4.97. The SMILES string of the molecule is CC(O)(CO)CNc1ncc(Br)cc1C(F)(F)F. The highest BCUT2D eigenvalue weighted by atomic mass is 79.9. The van der Waals surface area contributed by atoms with Crippen molar-refractivity contribution in [1.29, 1.82) is 0 Å². The standard InChI is InChI=1S/C10H12BrF3N2O2/c1-9(18,5-17)4-16-8-7(10(12,13)14)2-6(11)3-15-8/h2-3,17-18H,4-5H2,1H3,(H,15,16). The van der Waals surface area contributed by atoms with E-state index < -0.39 is 23.9 Å². The lowest BCUT2D eigenvalue weighted by molar-refractivity contribution is -0.137. The van der Waals surface area contributed by atoms with Gasteiger partial charge in [0.1, 0.15) is 11.4 Å². The van der Waals surface area contributed by atoms with Crippen molar-refractivity contribution in [3.63, 3.8) is 0 Å². The van der Waals surface area contributed by atoms with Crippen LogP contribution in [-0.2, 0) is 6.18 Å². The van der Waals surface area contributed by atoms with E-state index in [0.717, 1.165) is 6.07 Å². The summed E-state index contributed by atoms with van der Waals surface area (Å²) in [6.07, 6.45) is -3.34. The number of aliphatic hydroxyl groups excluding tert-OH is 1. The first-order valence-electron chi connectivity index (χ1n) is 4.95. The molecule has 1 aromatic heterocycles. The van der Waals surface area contributed by atoms with Crippen LogP contribution in [-0.4, -0.2) is 33.9 Å². The van der Waals surface area contributed by atoms with Crippen LogP contribution < -0.4 is 5.32 Å². The van der Waals surface area contributed by atoms with Gasteiger partial charge in [0.05, 0.1) is 12.2 Å². The lowest BCUT2D eigenvalue weighted by Gasteiger charge is -2.22. The molecule has 1 aromatic rings. The zero-order chi connectivity index (χ0) is 14.0. The molecule has 0 aliphatic heterocycles. The molecule has 0 aliphatic rings. The van der Waals surface area contributed by atoms with Crippen LogP contribution in [0, 0.1) is 0 Å². The second kappa shape index (κ2) is 5.41. The van der Waals surface area contributed by atoms with Gasteiger partial charge in [-0.1, -0.05) is 0 Å². The van der Waals surface area contributed by atoms with Gasteiger partial charge in [-0.25, -0.2) is 4.98 Å². The summed E-state index contributed by atoms with van der Waals surface area (Å²) in [6.45, 7) is 0.477. The molecule has 3 N–H and O–H groups in total. The Morgan fingerprint density at radius 1 is 1.44 bits per heavy atom. The van der Waals surface area contributed by atoms with E-state index >= 15 is 0 Å². The van der Waals surface area contributed by atoms with Crippen LogP contribution >= 0.6 is 15.9 Å². The van der Waals surface area contributed by atoms with Gasteiger partial charge in [-0.2, -0.15) is 13.2 Å². The van der Waals surface area contributed by atoms with Gasteiger partial charge in [-0.3, -0.25) is 0 Å². The van der Waals surface area contributed by atoms with Crippen LogP contribution in [0.15, 0.2) is 16.7 Å². The first kappa shape index (κ1) is 15.2. The van der Waals surface area contributed by atoms with Gasteiger partial charge in [0.25, 0.3) is 0 Å². The predicted molar refractivity (Wildman–Crippen MR) is 63.1 cm³/mol. The Kier molecular flexibility index (Phi) is 4.57. The van der Waals surface area contributed by atoms with E-state index in [0.29, 0.717) is 0 Å². The summed E-state index contributed by atoms with van der Waals surface area (Å²) in [5.41, 5.74) is -2.46. The molecule has 0 bridgehead atoms. The number of nitrogens with zero attached hydrogens (tertiary/aromatic N) is 1. The van der Waals surface area contributed by atoms with E-state index in [1.165, 1.54) is 13.1 Å². The number of pyridine rings is 1. The average Bonchev–Trinajstić information content (AvgIpc) is 2.26. The summed E-state index contributed by atoms with van der Waals surface area (Å²) in [4.78, 5) is 3.61. The smallest absolute Gasteiger partial charge is 0.393 e. The van der Waals surface area contributed by atoms with Crippen molar-refractivity contribution in [3.8, 4) is 0 Å². The Labute approximate surface area is 110 Å². The molecular formula is C10H12BrF3N2O2. The highest BCUT2D eigenvalue weighted by Crippen LogP contribution is 2.35. The minimum atomic E-state index is -4.55. The molecule has 0 radical (unpaired) electrons. The number of halogens is 4. The van der Waals surface area contributed by atoms with Gasteiger partial charge in [0, 0.05) is 17.2 Å². The van der Waals surface area contributed by atoms with Gasteiger partial charge >= 0.3 is 6.18 Å². The molecule has 0 saturated carbocycles. The van der Waals surface area contributed by atoms with Crippen LogP contribution in [0.25, 0.3) is 0 Å². The molecule has 0 aromatic carbocycles. The van der Waals surface area contributed by atoms with E-state index in [1.807, 2.05) is 0 Å². The largest absolute Gasteiger partial charge is 0.419 e. The molecule has 4 nitrogen and oxygen atoms in total. The summed E-state index contributed by atoms with van der Waals surface area (Å²) in [5.74, 6) is -0.389. The van der Waals surface area contributed by atoms with Crippen LogP contribution in [0.5, 0.6) is 0 Å². The second-order valence-electron chi connectivity index (χ2n) is 4.06.